The van der Waals surface area contributed by atoms with Gasteiger partial charge >= 0.3 is 0 Å². The molecule has 0 saturated heterocycles. The third-order valence-electron chi connectivity index (χ3n) is 5.03. The molecule has 30 heavy (non-hydrogen) atoms. The highest BCUT2D eigenvalue weighted by molar-refractivity contribution is 7.98. The largest absolute Gasteiger partial charge is 0.354 e. The number of nitrogens with one attached hydrogen (secondary N) is 3. The fourth-order valence-electron chi connectivity index (χ4n) is 3.38. The second-order valence-electron chi connectivity index (χ2n) is 7.38. The first-order valence-corrected chi connectivity index (χ1v) is 12.4. The maximum absolute atomic E-state index is 12.6. The molecule has 1 aliphatic carbocycles. The summed E-state index contributed by atoms with van der Waals surface area (Å²) in [7, 11) is 0. The molecule has 3 N–H and O–H groups in total. The Morgan fingerprint density at radius 3 is 2.57 bits per heavy atom. The Labute approximate surface area is 192 Å². The number of hydrogen-bond donors (Lipinski definition) is 3. The lowest BCUT2D eigenvalue weighted by Crippen LogP contribution is -2.48. The Morgan fingerprint density at radius 2 is 1.90 bits per heavy atom. The number of hydrogen-bond acceptors (Lipinski definition) is 4. The molecule has 1 unspecified atom stereocenters. The fraction of sp³-hybridized carbons (Fsp3) is 0.571. The van der Waals surface area contributed by atoms with Crippen LogP contribution in [-0.2, 0) is 9.59 Å². The van der Waals surface area contributed by atoms with Crippen LogP contribution in [0.3, 0.4) is 0 Å². The normalized spacial score (nSPS) is 15.3. The highest BCUT2D eigenvalue weighted by Crippen LogP contribution is 2.21. The van der Waals surface area contributed by atoms with Crippen LogP contribution < -0.4 is 16.0 Å². The average Bonchev–Trinajstić information content (AvgIpc) is 2.71. The van der Waals surface area contributed by atoms with Gasteiger partial charge < -0.3 is 16.0 Å². The molecule has 1 atom stereocenters. The second kappa shape index (κ2) is 13.1. The molecule has 1 aromatic rings. The maximum Gasteiger partial charge on any atom is 0.253 e. The zero-order valence-corrected chi connectivity index (χ0v) is 19.5. The van der Waals surface area contributed by atoms with E-state index in [4.69, 9.17) is 23.2 Å². The lowest BCUT2D eigenvalue weighted by Gasteiger charge is -2.23. The monoisotopic (exact) mass is 473 g/mol. The summed E-state index contributed by atoms with van der Waals surface area (Å²) in [4.78, 5) is 37.3. The minimum absolute atomic E-state index is 0.0557. The van der Waals surface area contributed by atoms with E-state index in [2.05, 4.69) is 16.0 Å². The van der Waals surface area contributed by atoms with Crippen LogP contribution in [-0.4, -0.2) is 48.4 Å². The SMILES string of the molecule is CSCCC(NC(=O)c1ccc(Cl)cc1Cl)C(=O)NCCC(=O)NC1CCCCC1. The van der Waals surface area contributed by atoms with E-state index in [0.29, 0.717) is 17.2 Å². The van der Waals surface area contributed by atoms with Gasteiger partial charge in [-0.3, -0.25) is 14.4 Å². The summed E-state index contributed by atoms with van der Waals surface area (Å²) in [5.41, 5.74) is 0.259. The van der Waals surface area contributed by atoms with Crippen LogP contribution in [0.4, 0.5) is 0 Å². The van der Waals surface area contributed by atoms with Gasteiger partial charge in [-0.1, -0.05) is 42.5 Å². The van der Waals surface area contributed by atoms with Crippen molar-refractivity contribution >= 4 is 52.7 Å². The van der Waals surface area contributed by atoms with Crippen LogP contribution in [0.1, 0.15) is 55.3 Å². The van der Waals surface area contributed by atoms with Crippen LogP contribution in [0.15, 0.2) is 18.2 Å². The van der Waals surface area contributed by atoms with Gasteiger partial charge in [-0.15, -0.1) is 0 Å². The summed E-state index contributed by atoms with van der Waals surface area (Å²) in [6.07, 6.45) is 8.19. The number of halogens is 2. The van der Waals surface area contributed by atoms with E-state index in [-0.39, 0.29) is 41.4 Å². The minimum Gasteiger partial charge on any atom is -0.354 e. The number of carbonyl (C=O) groups is 3. The lowest BCUT2D eigenvalue weighted by atomic mass is 9.95. The van der Waals surface area contributed by atoms with Crippen molar-refractivity contribution in [2.24, 2.45) is 0 Å². The van der Waals surface area contributed by atoms with Crippen molar-refractivity contribution in [1.82, 2.24) is 16.0 Å². The molecule has 0 radical (unpaired) electrons. The first kappa shape index (κ1) is 24.8. The molecule has 9 heteroatoms. The standard InChI is InChI=1S/C21H29Cl2N3O3S/c1-30-12-10-18(26-20(28)16-8-7-14(22)13-17(16)23)21(29)24-11-9-19(27)25-15-5-3-2-4-6-15/h7-8,13,15,18H,2-6,9-12H2,1H3,(H,24,29)(H,25,27)(H,26,28). The molecule has 0 aliphatic heterocycles. The lowest BCUT2D eigenvalue weighted by molar-refractivity contribution is -0.123. The zero-order valence-electron chi connectivity index (χ0n) is 17.1. The molecule has 0 spiro atoms. The predicted octanol–water partition coefficient (Wildman–Crippen LogP) is 3.80. The molecular formula is C21H29Cl2N3O3S. The van der Waals surface area contributed by atoms with E-state index >= 15 is 0 Å². The molecule has 1 fully saturated rings. The number of carbonyl (C=O) groups excluding carboxylic acids is 3. The average molecular weight is 474 g/mol. The smallest absolute Gasteiger partial charge is 0.253 e. The number of thioether (sulfide) groups is 1. The molecule has 1 aliphatic rings. The Bertz CT molecular complexity index is 742. The third-order valence-corrected chi connectivity index (χ3v) is 6.22. The van der Waals surface area contributed by atoms with Gasteiger partial charge in [0.2, 0.25) is 11.8 Å². The Morgan fingerprint density at radius 1 is 1.17 bits per heavy atom. The molecule has 1 aromatic carbocycles. The van der Waals surface area contributed by atoms with Gasteiger partial charge in [-0.2, -0.15) is 11.8 Å². The van der Waals surface area contributed by atoms with Gasteiger partial charge in [-0.25, -0.2) is 0 Å². The van der Waals surface area contributed by atoms with E-state index in [9.17, 15) is 14.4 Å². The van der Waals surface area contributed by atoms with Crippen LogP contribution in [0.2, 0.25) is 10.0 Å². The first-order valence-electron chi connectivity index (χ1n) is 10.2. The minimum atomic E-state index is -0.710. The van der Waals surface area contributed by atoms with Crippen molar-refractivity contribution < 1.29 is 14.4 Å². The number of benzene rings is 1. The molecule has 0 bridgehead atoms. The Hall–Kier alpha value is -1.44. The van der Waals surface area contributed by atoms with Crippen molar-refractivity contribution in [3.63, 3.8) is 0 Å². The van der Waals surface area contributed by atoms with E-state index in [1.165, 1.54) is 18.6 Å². The van der Waals surface area contributed by atoms with Crippen molar-refractivity contribution in [3.05, 3.63) is 33.8 Å². The summed E-state index contributed by atoms with van der Waals surface area (Å²) in [5.74, 6) is -0.102. The van der Waals surface area contributed by atoms with Gasteiger partial charge in [0.25, 0.3) is 5.91 Å². The molecule has 166 valence electrons. The molecule has 3 amide bonds. The van der Waals surface area contributed by atoms with Crippen molar-refractivity contribution in [1.29, 1.82) is 0 Å². The van der Waals surface area contributed by atoms with Gasteiger partial charge in [0.1, 0.15) is 6.04 Å². The van der Waals surface area contributed by atoms with Crippen LogP contribution in [0.5, 0.6) is 0 Å². The van der Waals surface area contributed by atoms with E-state index in [1.54, 1.807) is 17.8 Å². The highest BCUT2D eigenvalue weighted by atomic mass is 35.5. The van der Waals surface area contributed by atoms with Crippen LogP contribution in [0, 0.1) is 0 Å². The number of rotatable bonds is 10. The molecule has 0 heterocycles. The van der Waals surface area contributed by atoms with Crippen LogP contribution >= 0.6 is 35.0 Å². The van der Waals surface area contributed by atoms with Crippen LogP contribution in [0.25, 0.3) is 0 Å². The van der Waals surface area contributed by atoms with Gasteiger partial charge in [0, 0.05) is 24.0 Å². The summed E-state index contributed by atoms with van der Waals surface area (Å²) in [5, 5.41) is 9.19. The zero-order chi connectivity index (χ0) is 21.9. The molecule has 0 aromatic heterocycles. The van der Waals surface area contributed by atoms with Gasteiger partial charge in [-0.05, 0) is 49.5 Å². The summed E-state index contributed by atoms with van der Waals surface area (Å²) in [6.45, 7) is 0.227. The van der Waals surface area contributed by atoms with E-state index in [0.717, 1.165) is 25.7 Å². The Balaban J connectivity index is 1.84. The molecule has 1 saturated carbocycles. The number of amides is 3. The van der Waals surface area contributed by atoms with E-state index in [1.807, 2.05) is 6.26 Å². The predicted molar refractivity (Wildman–Crippen MR) is 123 cm³/mol. The topological polar surface area (TPSA) is 87.3 Å². The quantitative estimate of drug-likeness (QED) is 0.482. The van der Waals surface area contributed by atoms with Gasteiger partial charge in [0.15, 0.2) is 0 Å². The summed E-state index contributed by atoms with van der Waals surface area (Å²) in [6, 6.07) is 4.13. The Kier molecular flexibility index (Phi) is 10.8. The summed E-state index contributed by atoms with van der Waals surface area (Å²) < 4.78 is 0. The van der Waals surface area contributed by atoms with Crippen molar-refractivity contribution in [3.8, 4) is 0 Å². The molecule has 2 rings (SSSR count). The fourth-order valence-corrected chi connectivity index (χ4v) is 4.35. The second-order valence-corrected chi connectivity index (χ2v) is 9.20. The third kappa shape index (κ3) is 8.36. The maximum atomic E-state index is 12.6. The van der Waals surface area contributed by atoms with E-state index < -0.39 is 11.9 Å². The molecule has 6 nitrogen and oxygen atoms in total. The molecular weight excluding hydrogens is 445 g/mol. The van der Waals surface area contributed by atoms with Crippen molar-refractivity contribution in [2.75, 3.05) is 18.6 Å². The highest BCUT2D eigenvalue weighted by Gasteiger charge is 2.22. The van der Waals surface area contributed by atoms with Gasteiger partial charge in [0.05, 0.1) is 10.6 Å². The first-order chi connectivity index (χ1) is 14.4. The van der Waals surface area contributed by atoms with Crippen molar-refractivity contribution in [2.45, 2.75) is 57.0 Å². The summed E-state index contributed by atoms with van der Waals surface area (Å²) >= 11 is 13.6.